The Morgan fingerprint density at radius 3 is 2.57 bits per heavy atom. The molecule has 1 atom stereocenters. The van der Waals surface area contributed by atoms with Gasteiger partial charge in [0.05, 0.1) is 0 Å². The van der Waals surface area contributed by atoms with Gasteiger partial charge in [0, 0.05) is 10.5 Å². The average molecular weight is 348 g/mol. The number of nitrogens with two attached hydrogens (primary N) is 1. The second kappa shape index (κ2) is 7.10. The van der Waals surface area contributed by atoms with E-state index in [2.05, 4.69) is 54.0 Å². The van der Waals surface area contributed by atoms with E-state index in [-0.39, 0.29) is 6.04 Å². The molecule has 0 saturated carbocycles. The van der Waals surface area contributed by atoms with Gasteiger partial charge in [-0.1, -0.05) is 39.7 Å². The van der Waals surface area contributed by atoms with Crippen molar-refractivity contribution in [1.29, 1.82) is 0 Å². The molecule has 2 aromatic rings. The van der Waals surface area contributed by atoms with Crippen molar-refractivity contribution in [2.24, 2.45) is 5.73 Å². The van der Waals surface area contributed by atoms with Gasteiger partial charge in [-0.3, -0.25) is 0 Å². The Balaban J connectivity index is 2.11. The predicted octanol–water partition coefficient (Wildman–Crippen LogP) is 4.53. The third kappa shape index (κ3) is 4.58. The minimum Gasteiger partial charge on any atom is -0.489 e. The van der Waals surface area contributed by atoms with Crippen LogP contribution in [0.2, 0.25) is 0 Å². The van der Waals surface area contributed by atoms with E-state index in [4.69, 9.17) is 10.5 Å². The third-order valence-corrected chi connectivity index (χ3v) is 4.23. The standard InChI is InChI=1S/C18H22BrNO/c1-12-4-5-13(2)16(8-12)11-21-17-6-7-18(19)15(10-17)9-14(3)20/h4-8,10,14H,9,11,20H2,1-3H3. The van der Waals surface area contributed by atoms with Crippen molar-refractivity contribution in [2.45, 2.75) is 39.8 Å². The molecule has 2 nitrogen and oxygen atoms in total. The normalized spacial score (nSPS) is 12.2. The molecule has 0 saturated heterocycles. The molecule has 21 heavy (non-hydrogen) atoms. The van der Waals surface area contributed by atoms with E-state index in [1.165, 1.54) is 22.3 Å². The average Bonchev–Trinajstić information content (AvgIpc) is 2.42. The number of hydrogen-bond acceptors (Lipinski definition) is 2. The Bertz CT molecular complexity index is 623. The maximum absolute atomic E-state index is 5.94. The van der Waals surface area contributed by atoms with Crippen molar-refractivity contribution in [3.05, 3.63) is 63.1 Å². The summed E-state index contributed by atoms with van der Waals surface area (Å²) in [6.45, 7) is 6.81. The van der Waals surface area contributed by atoms with Crippen LogP contribution in [0.1, 0.15) is 29.2 Å². The Morgan fingerprint density at radius 2 is 1.86 bits per heavy atom. The van der Waals surface area contributed by atoms with Gasteiger partial charge in [0.25, 0.3) is 0 Å². The summed E-state index contributed by atoms with van der Waals surface area (Å²) in [5.74, 6) is 0.884. The first kappa shape index (κ1) is 16.1. The number of aryl methyl sites for hydroxylation is 2. The lowest BCUT2D eigenvalue weighted by Crippen LogP contribution is -2.18. The molecule has 0 amide bonds. The van der Waals surface area contributed by atoms with Crippen LogP contribution in [0.15, 0.2) is 40.9 Å². The molecule has 0 aliphatic carbocycles. The third-order valence-electron chi connectivity index (χ3n) is 3.46. The van der Waals surface area contributed by atoms with Crippen LogP contribution in [0.4, 0.5) is 0 Å². The van der Waals surface area contributed by atoms with Crippen molar-refractivity contribution >= 4 is 15.9 Å². The minimum absolute atomic E-state index is 0.135. The van der Waals surface area contributed by atoms with Gasteiger partial charge in [0.1, 0.15) is 12.4 Å². The molecule has 0 fully saturated rings. The van der Waals surface area contributed by atoms with Crippen molar-refractivity contribution < 1.29 is 4.74 Å². The molecular weight excluding hydrogens is 326 g/mol. The molecule has 0 aromatic heterocycles. The van der Waals surface area contributed by atoms with Crippen LogP contribution in [0, 0.1) is 13.8 Å². The molecule has 3 heteroatoms. The fourth-order valence-electron chi connectivity index (χ4n) is 2.26. The Labute approximate surface area is 135 Å². The lowest BCUT2D eigenvalue weighted by molar-refractivity contribution is 0.305. The quantitative estimate of drug-likeness (QED) is 0.861. The van der Waals surface area contributed by atoms with Crippen LogP contribution < -0.4 is 10.5 Å². The molecule has 0 heterocycles. The zero-order chi connectivity index (χ0) is 15.4. The molecule has 0 bridgehead atoms. The summed E-state index contributed by atoms with van der Waals surface area (Å²) in [6, 6.07) is 12.7. The first-order valence-corrected chi connectivity index (χ1v) is 7.98. The van der Waals surface area contributed by atoms with Gasteiger partial charge in [-0.25, -0.2) is 0 Å². The molecule has 2 rings (SSSR count). The first-order valence-electron chi connectivity index (χ1n) is 7.18. The zero-order valence-corrected chi connectivity index (χ0v) is 14.4. The van der Waals surface area contributed by atoms with Gasteiger partial charge in [-0.15, -0.1) is 0 Å². The summed E-state index contributed by atoms with van der Waals surface area (Å²) in [5.41, 5.74) is 10.8. The van der Waals surface area contributed by atoms with Gasteiger partial charge in [-0.05, 0) is 62.1 Å². The highest BCUT2D eigenvalue weighted by Gasteiger charge is 2.06. The van der Waals surface area contributed by atoms with E-state index in [0.717, 1.165) is 16.6 Å². The fourth-order valence-corrected chi connectivity index (χ4v) is 2.67. The zero-order valence-electron chi connectivity index (χ0n) is 12.8. The fraction of sp³-hybridized carbons (Fsp3) is 0.333. The summed E-state index contributed by atoms with van der Waals surface area (Å²) >= 11 is 3.56. The molecule has 1 unspecified atom stereocenters. The molecule has 0 radical (unpaired) electrons. The molecule has 0 spiro atoms. The SMILES string of the molecule is Cc1ccc(C)c(COc2ccc(Br)c(CC(C)N)c2)c1. The number of halogens is 1. The van der Waals surface area contributed by atoms with E-state index >= 15 is 0 Å². The van der Waals surface area contributed by atoms with Gasteiger partial charge < -0.3 is 10.5 Å². The lowest BCUT2D eigenvalue weighted by Gasteiger charge is -2.13. The molecular formula is C18H22BrNO. The lowest BCUT2D eigenvalue weighted by atomic mass is 10.1. The summed E-state index contributed by atoms with van der Waals surface area (Å²) in [4.78, 5) is 0. The number of rotatable bonds is 5. The number of ether oxygens (including phenoxy) is 1. The van der Waals surface area contributed by atoms with Crippen molar-refractivity contribution in [3.8, 4) is 5.75 Å². The smallest absolute Gasteiger partial charge is 0.120 e. The number of hydrogen-bond donors (Lipinski definition) is 1. The summed E-state index contributed by atoms with van der Waals surface area (Å²) in [5, 5.41) is 0. The summed E-state index contributed by atoms with van der Waals surface area (Å²) < 4.78 is 7.03. The van der Waals surface area contributed by atoms with Gasteiger partial charge >= 0.3 is 0 Å². The highest BCUT2D eigenvalue weighted by Crippen LogP contribution is 2.24. The highest BCUT2D eigenvalue weighted by atomic mass is 79.9. The highest BCUT2D eigenvalue weighted by molar-refractivity contribution is 9.10. The molecule has 112 valence electrons. The van der Waals surface area contributed by atoms with Crippen LogP contribution in [0.25, 0.3) is 0 Å². The summed E-state index contributed by atoms with van der Waals surface area (Å²) in [7, 11) is 0. The van der Waals surface area contributed by atoms with E-state index < -0.39 is 0 Å². The molecule has 0 aliphatic heterocycles. The van der Waals surface area contributed by atoms with E-state index in [9.17, 15) is 0 Å². The summed E-state index contributed by atoms with van der Waals surface area (Å²) in [6.07, 6.45) is 0.835. The second-order valence-electron chi connectivity index (χ2n) is 5.65. The Morgan fingerprint density at radius 1 is 1.10 bits per heavy atom. The van der Waals surface area contributed by atoms with E-state index in [0.29, 0.717) is 6.61 Å². The largest absolute Gasteiger partial charge is 0.489 e. The monoisotopic (exact) mass is 347 g/mol. The van der Waals surface area contributed by atoms with Crippen molar-refractivity contribution in [2.75, 3.05) is 0 Å². The minimum atomic E-state index is 0.135. The molecule has 2 N–H and O–H groups in total. The van der Waals surface area contributed by atoms with Crippen LogP contribution in [0.5, 0.6) is 5.75 Å². The van der Waals surface area contributed by atoms with Crippen molar-refractivity contribution in [3.63, 3.8) is 0 Å². The van der Waals surface area contributed by atoms with E-state index in [1.54, 1.807) is 0 Å². The van der Waals surface area contributed by atoms with Crippen LogP contribution in [-0.2, 0) is 13.0 Å². The molecule has 0 aliphatic rings. The topological polar surface area (TPSA) is 35.2 Å². The predicted molar refractivity (Wildman–Crippen MR) is 91.7 cm³/mol. The Hall–Kier alpha value is -1.32. The van der Waals surface area contributed by atoms with Crippen LogP contribution in [0.3, 0.4) is 0 Å². The van der Waals surface area contributed by atoms with Gasteiger partial charge in [0.2, 0.25) is 0 Å². The Kier molecular flexibility index (Phi) is 5.43. The maximum atomic E-state index is 5.94. The van der Waals surface area contributed by atoms with Crippen LogP contribution in [-0.4, -0.2) is 6.04 Å². The maximum Gasteiger partial charge on any atom is 0.120 e. The first-order chi connectivity index (χ1) is 9.95. The molecule has 2 aromatic carbocycles. The number of benzene rings is 2. The van der Waals surface area contributed by atoms with Crippen LogP contribution >= 0.6 is 15.9 Å². The van der Waals surface area contributed by atoms with Gasteiger partial charge in [-0.2, -0.15) is 0 Å². The van der Waals surface area contributed by atoms with E-state index in [1.807, 2.05) is 19.1 Å². The second-order valence-corrected chi connectivity index (χ2v) is 6.51. The van der Waals surface area contributed by atoms with Gasteiger partial charge in [0.15, 0.2) is 0 Å². The van der Waals surface area contributed by atoms with Crippen molar-refractivity contribution in [1.82, 2.24) is 0 Å².